The molecule has 2 aliphatic rings. The number of aromatic nitrogens is 2. The highest BCUT2D eigenvalue weighted by Crippen LogP contribution is 2.31. The number of likely N-dealkylation sites (tertiary alicyclic amines) is 1. The van der Waals surface area contributed by atoms with Crippen LogP contribution in [0, 0.1) is 5.92 Å². The molecule has 0 unspecified atom stereocenters. The molecule has 0 radical (unpaired) electrons. The van der Waals surface area contributed by atoms with Crippen molar-refractivity contribution >= 4 is 39.5 Å². The minimum Gasteiger partial charge on any atom is -0.451 e. The molecule has 156 valence electrons. The minimum absolute atomic E-state index is 0.0719. The van der Waals surface area contributed by atoms with Gasteiger partial charge in [0.05, 0.1) is 17.0 Å². The lowest BCUT2D eigenvalue weighted by molar-refractivity contribution is -0.122. The number of imidazole rings is 1. The normalized spacial score (nSPS) is 17.0. The molecule has 7 nitrogen and oxygen atoms in total. The van der Waals surface area contributed by atoms with Gasteiger partial charge in [0.15, 0.2) is 5.76 Å². The van der Waals surface area contributed by atoms with Gasteiger partial charge in [0, 0.05) is 30.1 Å². The van der Waals surface area contributed by atoms with Gasteiger partial charge in [-0.15, -0.1) is 0 Å². The third-order valence-corrected chi connectivity index (χ3v) is 6.43. The first kappa shape index (κ1) is 18.2. The zero-order valence-corrected chi connectivity index (χ0v) is 16.9. The molecule has 2 amide bonds. The average Bonchev–Trinajstić information content (AvgIpc) is 3.28. The number of carbonyl (C=O) groups excluding carboxylic acids is 2. The van der Waals surface area contributed by atoms with Gasteiger partial charge in [-0.05, 0) is 49.2 Å². The molecule has 0 bridgehead atoms. The van der Waals surface area contributed by atoms with Crippen LogP contribution in [0.15, 0.2) is 52.9 Å². The topological polar surface area (TPSA) is 91.2 Å². The van der Waals surface area contributed by atoms with E-state index in [1.54, 1.807) is 17.0 Å². The number of carbonyl (C=O) groups is 2. The quantitative estimate of drug-likeness (QED) is 0.521. The molecule has 0 spiro atoms. The van der Waals surface area contributed by atoms with Crippen LogP contribution in [0.4, 0.5) is 5.69 Å². The first-order valence-corrected chi connectivity index (χ1v) is 10.7. The van der Waals surface area contributed by atoms with E-state index in [-0.39, 0.29) is 23.7 Å². The monoisotopic (exact) mass is 414 g/mol. The van der Waals surface area contributed by atoms with Gasteiger partial charge in [0.1, 0.15) is 11.4 Å². The van der Waals surface area contributed by atoms with Crippen molar-refractivity contribution in [2.45, 2.75) is 25.2 Å². The minimum atomic E-state index is -0.122. The largest absolute Gasteiger partial charge is 0.451 e. The highest BCUT2D eigenvalue weighted by Gasteiger charge is 2.35. The Labute approximate surface area is 178 Å². The van der Waals surface area contributed by atoms with Gasteiger partial charge in [-0.1, -0.05) is 18.6 Å². The molecule has 2 aromatic carbocycles. The van der Waals surface area contributed by atoms with Crippen molar-refractivity contribution < 1.29 is 14.0 Å². The molecule has 4 aromatic rings. The van der Waals surface area contributed by atoms with E-state index in [4.69, 9.17) is 4.42 Å². The predicted molar refractivity (Wildman–Crippen MR) is 117 cm³/mol. The van der Waals surface area contributed by atoms with Crippen LogP contribution in [0.25, 0.3) is 22.0 Å². The number of furan rings is 1. The smallest absolute Gasteiger partial charge is 0.289 e. The predicted octanol–water partition coefficient (Wildman–Crippen LogP) is 4.29. The van der Waals surface area contributed by atoms with E-state index in [9.17, 15) is 9.59 Å². The number of H-pyrrole nitrogens is 1. The van der Waals surface area contributed by atoms with E-state index in [0.29, 0.717) is 24.4 Å². The maximum atomic E-state index is 12.9. The van der Waals surface area contributed by atoms with Crippen LogP contribution >= 0.6 is 0 Å². The lowest BCUT2D eigenvalue weighted by atomic mass is 9.85. The van der Waals surface area contributed by atoms with Crippen molar-refractivity contribution in [2.75, 3.05) is 18.4 Å². The molecular formula is C24H22N4O3. The van der Waals surface area contributed by atoms with Crippen LogP contribution < -0.4 is 5.32 Å². The number of para-hydroxylation sites is 2. The summed E-state index contributed by atoms with van der Waals surface area (Å²) in [5.41, 5.74) is 3.33. The summed E-state index contributed by atoms with van der Waals surface area (Å²) in [5, 5.41) is 3.78. The van der Waals surface area contributed by atoms with Gasteiger partial charge >= 0.3 is 0 Å². The number of amides is 2. The number of anilines is 1. The number of nitrogens with one attached hydrogen (secondary N) is 2. The lowest BCUT2D eigenvalue weighted by Gasteiger charge is -2.37. The molecule has 3 heterocycles. The van der Waals surface area contributed by atoms with Gasteiger partial charge in [0.2, 0.25) is 5.91 Å². The summed E-state index contributed by atoms with van der Waals surface area (Å²) in [6, 6.07) is 15.2. The molecule has 31 heavy (non-hydrogen) atoms. The fourth-order valence-electron chi connectivity index (χ4n) is 4.28. The van der Waals surface area contributed by atoms with Gasteiger partial charge in [-0.25, -0.2) is 4.98 Å². The summed E-state index contributed by atoms with van der Waals surface area (Å²) in [7, 11) is 0. The standard InChI is InChI=1S/C24H22N4O3/c29-23(14-4-3-5-14)25-17-8-9-20-15(10-17)11-21(31-20)24(30)28-12-16(13-28)22-26-18-6-1-2-7-19(18)27-22/h1-2,6-11,14,16H,3-5,12-13H2,(H,25,29)(H,26,27). The van der Waals surface area contributed by atoms with E-state index in [1.807, 2.05) is 36.4 Å². The van der Waals surface area contributed by atoms with Gasteiger partial charge < -0.3 is 19.6 Å². The molecule has 1 aliphatic heterocycles. The second-order valence-electron chi connectivity index (χ2n) is 8.53. The van der Waals surface area contributed by atoms with Gasteiger partial charge in [-0.2, -0.15) is 0 Å². The SMILES string of the molecule is O=C(Nc1ccc2oc(C(=O)N3CC(c4nc5ccccc5[nH]4)C3)cc2c1)C1CCC1. The molecular weight excluding hydrogens is 392 g/mol. The molecule has 2 N–H and O–H groups in total. The number of hydrogen-bond acceptors (Lipinski definition) is 4. The molecule has 1 saturated heterocycles. The lowest BCUT2D eigenvalue weighted by Crippen LogP contribution is -2.48. The Morgan fingerprint density at radius 1 is 1.10 bits per heavy atom. The maximum Gasteiger partial charge on any atom is 0.289 e. The molecule has 7 heteroatoms. The first-order chi connectivity index (χ1) is 15.1. The highest BCUT2D eigenvalue weighted by molar-refractivity contribution is 5.99. The fourth-order valence-corrected chi connectivity index (χ4v) is 4.28. The molecule has 2 fully saturated rings. The summed E-state index contributed by atoms with van der Waals surface area (Å²) in [5.74, 6) is 1.52. The summed E-state index contributed by atoms with van der Waals surface area (Å²) in [6.45, 7) is 1.22. The van der Waals surface area contributed by atoms with E-state index >= 15 is 0 Å². The molecule has 1 saturated carbocycles. The number of rotatable bonds is 4. The Balaban J connectivity index is 1.14. The fraction of sp³-hybridized carbons (Fsp3) is 0.292. The zero-order chi connectivity index (χ0) is 20.9. The van der Waals surface area contributed by atoms with Crippen LogP contribution in [0.3, 0.4) is 0 Å². The Bertz CT molecular complexity index is 1280. The summed E-state index contributed by atoms with van der Waals surface area (Å²) < 4.78 is 5.79. The second kappa shape index (κ2) is 6.97. The van der Waals surface area contributed by atoms with Crippen LogP contribution in [-0.4, -0.2) is 39.8 Å². The number of aromatic amines is 1. The van der Waals surface area contributed by atoms with Crippen LogP contribution in [-0.2, 0) is 4.79 Å². The molecule has 6 rings (SSSR count). The van der Waals surface area contributed by atoms with Gasteiger partial charge in [0.25, 0.3) is 5.91 Å². The van der Waals surface area contributed by atoms with E-state index in [2.05, 4.69) is 15.3 Å². The molecule has 2 aromatic heterocycles. The number of hydrogen-bond donors (Lipinski definition) is 2. The van der Waals surface area contributed by atoms with Crippen molar-refractivity contribution in [3.05, 3.63) is 60.1 Å². The zero-order valence-electron chi connectivity index (χ0n) is 16.9. The van der Waals surface area contributed by atoms with Crippen molar-refractivity contribution in [2.24, 2.45) is 5.92 Å². The number of fused-ring (bicyclic) bond motifs is 2. The number of nitrogens with zero attached hydrogens (tertiary/aromatic N) is 2. The second-order valence-corrected chi connectivity index (χ2v) is 8.53. The first-order valence-electron chi connectivity index (χ1n) is 10.7. The Kier molecular flexibility index (Phi) is 4.09. The van der Waals surface area contributed by atoms with Crippen molar-refractivity contribution in [1.82, 2.24) is 14.9 Å². The Hall–Kier alpha value is -3.61. The Morgan fingerprint density at radius 2 is 1.94 bits per heavy atom. The van der Waals surface area contributed by atoms with Crippen molar-refractivity contribution in [3.63, 3.8) is 0 Å². The van der Waals surface area contributed by atoms with Crippen molar-refractivity contribution in [1.29, 1.82) is 0 Å². The summed E-state index contributed by atoms with van der Waals surface area (Å²) >= 11 is 0. The van der Waals surface area contributed by atoms with Crippen LogP contribution in [0.5, 0.6) is 0 Å². The van der Waals surface area contributed by atoms with Crippen LogP contribution in [0.2, 0.25) is 0 Å². The van der Waals surface area contributed by atoms with E-state index in [1.165, 1.54) is 0 Å². The summed E-state index contributed by atoms with van der Waals surface area (Å²) in [6.07, 6.45) is 3.05. The van der Waals surface area contributed by atoms with Crippen LogP contribution in [0.1, 0.15) is 41.6 Å². The average molecular weight is 414 g/mol. The third-order valence-electron chi connectivity index (χ3n) is 6.43. The van der Waals surface area contributed by atoms with Gasteiger partial charge in [-0.3, -0.25) is 9.59 Å². The molecule has 1 aliphatic carbocycles. The Morgan fingerprint density at radius 3 is 2.71 bits per heavy atom. The summed E-state index contributed by atoms with van der Waals surface area (Å²) in [4.78, 5) is 34.8. The van der Waals surface area contributed by atoms with E-state index < -0.39 is 0 Å². The third kappa shape index (κ3) is 3.17. The maximum absolute atomic E-state index is 12.9. The van der Waals surface area contributed by atoms with E-state index in [0.717, 1.165) is 47.2 Å². The number of benzene rings is 2. The van der Waals surface area contributed by atoms with Crippen molar-refractivity contribution in [3.8, 4) is 0 Å². The highest BCUT2D eigenvalue weighted by atomic mass is 16.3. The molecule has 0 atom stereocenters.